The first kappa shape index (κ1) is 12.4. The van der Waals surface area contributed by atoms with Gasteiger partial charge in [0.1, 0.15) is 0 Å². The minimum absolute atomic E-state index is 0.293. The summed E-state index contributed by atoms with van der Waals surface area (Å²) in [6.45, 7) is 6.60. The van der Waals surface area contributed by atoms with Gasteiger partial charge in [0.2, 0.25) is 8.45 Å². The predicted octanol–water partition coefficient (Wildman–Crippen LogP) is 3.62. The molecule has 2 atom stereocenters. The lowest BCUT2D eigenvalue weighted by Gasteiger charge is -2.30. The van der Waals surface area contributed by atoms with Gasteiger partial charge in [-0.1, -0.05) is 18.2 Å². The van der Waals surface area contributed by atoms with E-state index in [2.05, 4.69) is 53.5 Å². The van der Waals surface area contributed by atoms with Crippen LogP contribution in [0.4, 0.5) is 5.69 Å². The summed E-state index contributed by atoms with van der Waals surface area (Å²) in [5.74, 6) is 0. The minimum Gasteiger partial charge on any atom is -0.324 e. The van der Waals surface area contributed by atoms with E-state index in [0.29, 0.717) is 12.1 Å². The summed E-state index contributed by atoms with van der Waals surface area (Å²) < 4.78 is 11.3. The van der Waals surface area contributed by atoms with Gasteiger partial charge < -0.3 is 9.19 Å². The Kier molecular flexibility index (Phi) is 3.56. The van der Waals surface area contributed by atoms with E-state index in [1.54, 1.807) is 0 Å². The Morgan fingerprint density at radius 1 is 1.28 bits per heavy atom. The third-order valence-corrected chi connectivity index (χ3v) is 5.90. The standard InChI is InChI=1S/C14H21N2OP/c1-12(2)17-18-15-10-6-9-14(15)11-16(18)13-7-4-3-5-8-13/h3-5,7-8,12,14H,6,9-11H2,1-2H3. The third-order valence-electron chi connectivity index (χ3n) is 3.52. The molecule has 0 amide bonds. The van der Waals surface area contributed by atoms with Crippen LogP contribution in [0.2, 0.25) is 0 Å². The van der Waals surface area contributed by atoms with Gasteiger partial charge in [-0.2, -0.15) is 0 Å². The molecule has 2 heterocycles. The van der Waals surface area contributed by atoms with Gasteiger partial charge in [-0.15, -0.1) is 0 Å². The zero-order valence-electron chi connectivity index (χ0n) is 11.1. The Bertz CT molecular complexity index is 398. The van der Waals surface area contributed by atoms with Crippen molar-refractivity contribution in [2.45, 2.75) is 38.8 Å². The van der Waals surface area contributed by atoms with Crippen LogP contribution < -0.4 is 4.67 Å². The molecule has 0 spiro atoms. The van der Waals surface area contributed by atoms with Gasteiger partial charge in [0.15, 0.2) is 0 Å². The highest BCUT2D eigenvalue weighted by Crippen LogP contribution is 2.57. The second-order valence-electron chi connectivity index (χ2n) is 5.28. The van der Waals surface area contributed by atoms with Crippen LogP contribution in [0.15, 0.2) is 30.3 Å². The Hall–Kier alpha value is -0.630. The highest BCUT2D eigenvalue weighted by molar-refractivity contribution is 7.52. The normalized spacial score (nSPS) is 28.1. The zero-order valence-corrected chi connectivity index (χ0v) is 12.0. The summed E-state index contributed by atoms with van der Waals surface area (Å²) in [6.07, 6.45) is 2.94. The summed E-state index contributed by atoms with van der Waals surface area (Å²) in [4.78, 5) is 0. The number of hydrogen-bond acceptors (Lipinski definition) is 3. The zero-order chi connectivity index (χ0) is 12.5. The van der Waals surface area contributed by atoms with E-state index in [9.17, 15) is 0 Å². The van der Waals surface area contributed by atoms with E-state index in [1.165, 1.54) is 25.1 Å². The van der Waals surface area contributed by atoms with E-state index in [-0.39, 0.29) is 0 Å². The van der Waals surface area contributed by atoms with Gasteiger partial charge >= 0.3 is 0 Å². The third kappa shape index (κ3) is 2.27. The Balaban J connectivity index is 1.84. The fraction of sp³-hybridized carbons (Fsp3) is 0.571. The quantitative estimate of drug-likeness (QED) is 0.775. The van der Waals surface area contributed by atoms with Crippen molar-refractivity contribution in [1.29, 1.82) is 0 Å². The molecule has 4 heteroatoms. The van der Waals surface area contributed by atoms with Crippen LogP contribution in [0, 0.1) is 0 Å². The summed E-state index contributed by atoms with van der Waals surface area (Å²) in [5.41, 5.74) is 1.30. The molecule has 0 aromatic heterocycles. The molecule has 18 heavy (non-hydrogen) atoms. The Morgan fingerprint density at radius 2 is 2.06 bits per heavy atom. The van der Waals surface area contributed by atoms with Crippen molar-refractivity contribution in [3.05, 3.63) is 30.3 Å². The van der Waals surface area contributed by atoms with E-state index in [0.717, 1.165) is 6.54 Å². The van der Waals surface area contributed by atoms with Gasteiger partial charge in [-0.05, 0) is 38.8 Å². The van der Waals surface area contributed by atoms with Gasteiger partial charge in [-0.25, -0.2) is 4.67 Å². The van der Waals surface area contributed by atoms with Crippen molar-refractivity contribution < 1.29 is 4.52 Å². The molecule has 0 N–H and O–H groups in total. The first-order valence-corrected chi connectivity index (χ1v) is 7.98. The fourth-order valence-corrected chi connectivity index (χ4v) is 5.08. The van der Waals surface area contributed by atoms with Gasteiger partial charge in [0.05, 0.1) is 6.10 Å². The van der Waals surface area contributed by atoms with Crippen LogP contribution in [0.25, 0.3) is 0 Å². The molecule has 0 aliphatic carbocycles. The van der Waals surface area contributed by atoms with Crippen LogP contribution >= 0.6 is 8.45 Å². The lowest BCUT2D eigenvalue weighted by Crippen LogP contribution is -2.20. The van der Waals surface area contributed by atoms with Crippen molar-refractivity contribution in [3.8, 4) is 0 Å². The highest BCUT2D eigenvalue weighted by Gasteiger charge is 2.44. The van der Waals surface area contributed by atoms with E-state index < -0.39 is 8.45 Å². The van der Waals surface area contributed by atoms with Crippen molar-refractivity contribution in [2.24, 2.45) is 0 Å². The summed E-state index contributed by atoms with van der Waals surface area (Å²) in [7, 11) is -0.598. The second kappa shape index (κ2) is 5.16. The van der Waals surface area contributed by atoms with Crippen molar-refractivity contribution in [2.75, 3.05) is 17.8 Å². The number of benzene rings is 1. The molecule has 2 aliphatic heterocycles. The highest BCUT2D eigenvalue weighted by atomic mass is 31.2. The average molecular weight is 264 g/mol. The lowest BCUT2D eigenvalue weighted by atomic mass is 10.2. The largest absolute Gasteiger partial charge is 0.324 e. The molecule has 0 bridgehead atoms. The molecular weight excluding hydrogens is 243 g/mol. The maximum Gasteiger partial charge on any atom is 0.218 e. The molecule has 3 rings (SSSR count). The summed E-state index contributed by atoms with van der Waals surface area (Å²) in [6, 6.07) is 11.4. The molecule has 2 saturated heterocycles. The summed E-state index contributed by atoms with van der Waals surface area (Å²) >= 11 is 0. The number of nitrogens with zero attached hydrogens (tertiary/aromatic N) is 2. The Labute approximate surface area is 111 Å². The van der Waals surface area contributed by atoms with Crippen LogP contribution in [0.1, 0.15) is 26.7 Å². The monoisotopic (exact) mass is 264 g/mol. The van der Waals surface area contributed by atoms with Crippen LogP contribution in [-0.2, 0) is 4.52 Å². The molecule has 2 aliphatic rings. The minimum atomic E-state index is -0.598. The Morgan fingerprint density at radius 3 is 2.78 bits per heavy atom. The van der Waals surface area contributed by atoms with Crippen molar-refractivity contribution >= 4 is 14.1 Å². The van der Waals surface area contributed by atoms with Gasteiger partial charge in [-0.3, -0.25) is 0 Å². The van der Waals surface area contributed by atoms with Crippen LogP contribution in [0.3, 0.4) is 0 Å². The fourth-order valence-electron chi connectivity index (χ4n) is 2.75. The number of fused-ring (bicyclic) bond motifs is 1. The smallest absolute Gasteiger partial charge is 0.218 e. The van der Waals surface area contributed by atoms with E-state index in [1.807, 2.05) is 0 Å². The first-order valence-electron chi connectivity index (χ1n) is 6.81. The molecular formula is C14H21N2OP. The topological polar surface area (TPSA) is 15.7 Å². The number of anilines is 1. The van der Waals surface area contributed by atoms with Gasteiger partial charge in [0.25, 0.3) is 0 Å². The molecule has 1 aromatic rings. The maximum atomic E-state index is 6.21. The second-order valence-corrected chi connectivity index (χ2v) is 7.00. The summed E-state index contributed by atoms with van der Waals surface area (Å²) in [5, 5.41) is 0. The molecule has 3 nitrogen and oxygen atoms in total. The molecule has 2 unspecified atom stereocenters. The van der Waals surface area contributed by atoms with Crippen molar-refractivity contribution in [3.63, 3.8) is 0 Å². The first-order chi connectivity index (χ1) is 8.75. The molecule has 0 saturated carbocycles. The van der Waals surface area contributed by atoms with E-state index in [4.69, 9.17) is 4.52 Å². The lowest BCUT2D eigenvalue weighted by molar-refractivity contribution is 0.248. The van der Waals surface area contributed by atoms with Crippen molar-refractivity contribution in [1.82, 2.24) is 4.67 Å². The number of rotatable bonds is 3. The number of para-hydroxylation sites is 1. The van der Waals surface area contributed by atoms with Crippen LogP contribution in [-0.4, -0.2) is 29.9 Å². The molecule has 2 fully saturated rings. The predicted molar refractivity (Wildman–Crippen MR) is 76.7 cm³/mol. The SMILES string of the molecule is CC(C)OP1N(c2ccccc2)CC2CCCN21. The molecule has 1 aromatic carbocycles. The van der Waals surface area contributed by atoms with Crippen LogP contribution in [0.5, 0.6) is 0 Å². The van der Waals surface area contributed by atoms with E-state index >= 15 is 0 Å². The maximum absolute atomic E-state index is 6.21. The average Bonchev–Trinajstić information content (AvgIpc) is 2.93. The molecule has 98 valence electrons. The number of hydrogen-bond donors (Lipinski definition) is 0. The molecule has 0 radical (unpaired) electrons. The van der Waals surface area contributed by atoms with Gasteiger partial charge in [0, 0.05) is 24.8 Å².